The molecule has 3 amide bonds. The van der Waals surface area contributed by atoms with Crippen LogP contribution in [0, 0.1) is 0 Å². The summed E-state index contributed by atoms with van der Waals surface area (Å²) in [7, 11) is 0. The molecular formula is C24H18N2O6. The predicted molar refractivity (Wildman–Crippen MR) is 116 cm³/mol. The van der Waals surface area contributed by atoms with Gasteiger partial charge >= 0.3 is 5.97 Å². The van der Waals surface area contributed by atoms with Gasteiger partial charge in [-0.2, -0.15) is 0 Å². The Bertz CT molecular complexity index is 1230. The van der Waals surface area contributed by atoms with Gasteiger partial charge in [-0.15, -0.1) is 0 Å². The van der Waals surface area contributed by atoms with Crippen molar-refractivity contribution in [2.24, 2.45) is 0 Å². The molecule has 0 unspecified atom stereocenters. The summed E-state index contributed by atoms with van der Waals surface area (Å²) >= 11 is 0. The maximum Gasteiger partial charge on any atom is 0.308 e. The van der Waals surface area contributed by atoms with Gasteiger partial charge in [0.2, 0.25) is 5.91 Å². The molecule has 3 aromatic carbocycles. The van der Waals surface area contributed by atoms with Crippen LogP contribution in [0.2, 0.25) is 0 Å². The summed E-state index contributed by atoms with van der Waals surface area (Å²) in [4.78, 5) is 49.0. The molecule has 1 aliphatic rings. The SMILES string of the molecule is CC(=O)Nc1ccc(Oc2ccc3c(c2)C(=O)N(c2ccc(OC(C)=O)cc2)C3=O)cc1. The van der Waals surface area contributed by atoms with Crippen molar-refractivity contribution in [2.75, 3.05) is 10.2 Å². The van der Waals surface area contributed by atoms with Crippen molar-refractivity contribution in [1.29, 1.82) is 0 Å². The van der Waals surface area contributed by atoms with E-state index in [0.29, 0.717) is 28.6 Å². The first kappa shape index (κ1) is 20.8. The van der Waals surface area contributed by atoms with E-state index in [1.54, 1.807) is 36.4 Å². The lowest BCUT2D eigenvalue weighted by atomic mass is 10.1. The molecule has 1 aliphatic heterocycles. The van der Waals surface area contributed by atoms with E-state index in [1.165, 1.54) is 44.2 Å². The molecule has 0 atom stereocenters. The summed E-state index contributed by atoms with van der Waals surface area (Å²) in [5.41, 5.74) is 1.50. The van der Waals surface area contributed by atoms with Crippen LogP contribution in [0.1, 0.15) is 34.6 Å². The van der Waals surface area contributed by atoms with Gasteiger partial charge in [0, 0.05) is 19.5 Å². The van der Waals surface area contributed by atoms with E-state index in [0.717, 1.165) is 4.90 Å². The Labute approximate surface area is 183 Å². The van der Waals surface area contributed by atoms with Gasteiger partial charge in [0.15, 0.2) is 0 Å². The fourth-order valence-electron chi connectivity index (χ4n) is 3.29. The van der Waals surface area contributed by atoms with Crippen LogP contribution in [-0.2, 0) is 9.59 Å². The van der Waals surface area contributed by atoms with Gasteiger partial charge in [-0.3, -0.25) is 19.2 Å². The maximum atomic E-state index is 12.9. The van der Waals surface area contributed by atoms with E-state index >= 15 is 0 Å². The van der Waals surface area contributed by atoms with Gasteiger partial charge in [-0.25, -0.2) is 4.90 Å². The number of amides is 3. The van der Waals surface area contributed by atoms with Crippen molar-refractivity contribution >= 4 is 35.1 Å². The smallest absolute Gasteiger partial charge is 0.308 e. The fourth-order valence-corrected chi connectivity index (χ4v) is 3.29. The molecule has 3 aromatic rings. The number of carbonyl (C=O) groups is 4. The number of rotatable bonds is 5. The number of anilines is 2. The number of hydrogen-bond acceptors (Lipinski definition) is 6. The van der Waals surface area contributed by atoms with Crippen LogP contribution in [0.15, 0.2) is 66.7 Å². The lowest BCUT2D eigenvalue weighted by Crippen LogP contribution is -2.29. The van der Waals surface area contributed by atoms with Crippen molar-refractivity contribution < 1.29 is 28.7 Å². The predicted octanol–water partition coefficient (Wildman–Crippen LogP) is 4.16. The van der Waals surface area contributed by atoms with Crippen LogP contribution in [0.5, 0.6) is 17.2 Å². The number of benzene rings is 3. The van der Waals surface area contributed by atoms with Crippen molar-refractivity contribution in [2.45, 2.75) is 13.8 Å². The molecule has 8 nitrogen and oxygen atoms in total. The molecule has 0 bridgehead atoms. The molecule has 0 fully saturated rings. The van der Waals surface area contributed by atoms with Crippen molar-refractivity contribution in [3.63, 3.8) is 0 Å². The number of hydrogen-bond donors (Lipinski definition) is 1. The zero-order chi connectivity index (χ0) is 22.8. The molecule has 1 heterocycles. The third-order valence-electron chi connectivity index (χ3n) is 4.62. The summed E-state index contributed by atoms with van der Waals surface area (Å²) in [6, 6.07) is 17.5. The molecule has 32 heavy (non-hydrogen) atoms. The van der Waals surface area contributed by atoms with Crippen LogP contribution >= 0.6 is 0 Å². The Morgan fingerprint density at radius 3 is 1.97 bits per heavy atom. The number of esters is 1. The summed E-state index contributed by atoms with van der Waals surface area (Å²) in [5.74, 6) is -0.342. The Morgan fingerprint density at radius 2 is 1.34 bits per heavy atom. The summed E-state index contributed by atoms with van der Waals surface area (Å²) in [6.07, 6.45) is 0. The highest BCUT2D eigenvalue weighted by Gasteiger charge is 2.37. The molecule has 0 aromatic heterocycles. The topological polar surface area (TPSA) is 102 Å². The van der Waals surface area contributed by atoms with Gasteiger partial charge in [-0.05, 0) is 66.7 Å². The van der Waals surface area contributed by atoms with Crippen molar-refractivity contribution in [1.82, 2.24) is 0 Å². The van der Waals surface area contributed by atoms with Crippen LogP contribution in [0.25, 0.3) is 0 Å². The van der Waals surface area contributed by atoms with Crippen LogP contribution in [-0.4, -0.2) is 23.7 Å². The quantitative estimate of drug-likeness (QED) is 0.370. The van der Waals surface area contributed by atoms with Crippen LogP contribution < -0.4 is 19.7 Å². The van der Waals surface area contributed by atoms with E-state index in [2.05, 4.69) is 5.32 Å². The van der Waals surface area contributed by atoms with Crippen molar-refractivity contribution in [3.05, 3.63) is 77.9 Å². The zero-order valence-corrected chi connectivity index (χ0v) is 17.2. The Kier molecular flexibility index (Phi) is 5.43. The van der Waals surface area contributed by atoms with Gasteiger partial charge < -0.3 is 14.8 Å². The molecule has 0 spiro atoms. The number of nitrogens with one attached hydrogen (secondary N) is 1. The standard InChI is InChI=1S/C24H18N2O6/c1-14(27)25-16-3-7-19(8-4-16)32-20-11-12-21-22(13-20)24(30)26(23(21)29)17-5-9-18(10-6-17)31-15(2)28/h3-13H,1-2H3,(H,25,27). The second-order valence-corrected chi connectivity index (χ2v) is 7.05. The number of ether oxygens (including phenoxy) is 2. The minimum Gasteiger partial charge on any atom is -0.457 e. The summed E-state index contributed by atoms with van der Waals surface area (Å²) in [5, 5.41) is 2.67. The molecule has 8 heteroatoms. The molecule has 0 saturated heterocycles. The van der Waals surface area contributed by atoms with E-state index in [9.17, 15) is 19.2 Å². The lowest BCUT2D eigenvalue weighted by Gasteiger charge is -2.14. The Hall–Kier alpha value is -4.46. The normalized spacial score (nSPS) is 12.4. The summed E-state index contributed by atoms with van der Waals surface area (Å²) < 4.78 is 10.8. The number of nitrogens with zero attached hydrogens (tertiary/aromatic N) is 1. The summed E-state index contributed by atoms with van der Waals surface area (Å²) in [6.45, 7) is 2.71. The number of imide groups is 1. The van der Waals surface area contributed by atoms with E-state index in [-0.39, 0.29) is 17.0 Å². The van der Waals surface area contributed by atoms with Crippen molar-refractivity contribution in [3.8, 4) is 17.2 Å². The van der Waals surface area contributed by atoms with Crippen LogP contribution in [0.4, 0.5) is 11.4 Å². The third-order valence-corrected chi connectivity index (χ3v) is 4.62. The Morgan fingerprint density at radius 1 is 0.750 bits per heavy atom. The van der Waals surface area contributed by atoms with Gasteiger partial charge in [0.25, 0.3) is 11.8 Å². The van der Waals surface area contributed by atoms with Gasteiger partial charge in [0.05, 0.1) is 16.8 Å². The van der Waals surface area contributed by atoms with E-state index in [4.69, 9.17) is 9.47 Å². The van der Waals surface area contributed by atoms with E-state index in [1.807, 2.05) is 0 Å². The molecule has 4 rings (SSSR count). The molecular weight excluding hydrogens is 412 g/mol. The fraction of sp³-hybridized carbons (Fsp3) is 0.0833. The lowest BCUT2D eigenvalue weighted by molar-refractivity contribution is -0.131. The van der Waals surface area contributed by atoms with E-state index < -0.39 is 17.8 Å². The first-order chi connectivity index (χ1) is 15.3. The second kappa shape index (κ2) is 8.35. The molecule has 0 saturated carbocycles. The number of carbonyl (C=O) groups excluding carboxylic acids is 4. The zero-order valence-electron chi connectivity index (χ0n) is 17.2. The Balaban J connectivity index is 1.53. The molecule has 1 N–H and O–H groups in total. The third kappa shape index (κ3) is 4.20. The monoisotopic (exact) mass is 430 g/mol. The highest BCUT2D eigenvalue weighted by Crippen LogP contribution is 2.33. The van der Waals surface area contributed by atoms with Crippen LogP contribution in [0.3, 0.4) is 0 Å². The first-order valence-electron chi connectivity index (χ1n) is 9.68. The first-order valence-corrected chi connectivity index (χ1v) is 9.68. The molecule has 0 aliphatic carbocycles. The second-order valence-electron chi connectivity index (χ2n) is 7.05. The maximum absolute atomic E-state index is 12.9. The van der Waals surface area contributed by atoms with Gasteiger partial charge in [-0.1, -0.05) is 0 Å². The molecule has 0 radical (unpaired) electrons. The highest BCUT2D eigenvalue weighted by molar-refractivity contribution is 6.34. The highest BCUT2D eigenvalue weighted by atomic mass is 16.5. The number of fused-ring (bicyclic) bond motifs is 1. The largest absolute Gasteiger partial charge is 0.457 e. The minimum absolute atomic E-state index is 0.175. The van der Waals surface area contributed by atoms with Gasteiger partial charge in [0.1, 0.15) is 17.2 Å². The average molecular weight is 430 g/mol. The molecule has 160 valence electrons. The minimum atomic E-state index is -0.475. The average Bonchev–Trinajstić information content (AvgIpc) is 2.99.